The molecule has 4 nitrogen and oxygen atoms in total. The number of carboxylic acid groups (broad SMARTS) is 1. The van der Waals surface area contributed by atoms with E-state index < -0.39 is 17.8 Å². The molecule has 0 aliphatic heterocycles. The molecule has 8 heteroatoms. The third-order valence-corrected chi connectivity index (χ3v) is 3.61. The summed E-state index contributed by atoms with van der Waals surface area (Å²) in [6, 6.07) is 6.99. The fraction of sp³-hybridized carbons (Fsp3) is 0.214. The number of rotatable bonds is 4. The Labute approximate surface area is 128 Å². The van der Waals surface area contributed by atoms with Crippen LogP contribution in [-0.4, -0.2) is 21.0 Å². The van der Waals surface area contributed by atoms with Gasteiger partial charge in [-0.15, -0.1) is 0 Å². The summed E-state index contributed by atoms with van der Waals surface area (Å²) in [4.78, 5) is 18.2. The summed E-state index contributed by atoms with van der Waals surface area (Å²) < 4.78 is 38.0. The fourth-order valence-electron chi connectivity index (χ4n) is 1.64. The van der Waals surface area contributed by atoms with Gasteiger partial charge in [-0.2, -0.15) is 13.2 Å². The number of carboxylic acids is 1. The second kappa shape index (κ2) is 6.35. The average Bonchev–Trinajstić information content (AvgIpc) is 2.44. The molecule has 0 saturated carbocycles. The lowest BCUT2D eigenvalue weighted by Gasteiger charge is -2.08. The van der Waals surface area contributed by atoms with Crippen molar-refractivity contribution in [2.24, 2.45) is 0 Å². The van der Waals surface area contributed by atoms with Crippen molar-refractivity contribution in [1.82, 2.24) is 9.97 Å². The summed E-state index contributed by atoms with van der Waals surface area (Å²) in [7, 11) is 0. The normalized spacial score (nSPS) is 11.5. The SMILES string of the molecule is Cc1cc(C(F)(F)F)nc(SCc2ccc(C(=O)O)cc2)n1. The zero-order chi connectivity index (χ0) is 16.3. The number of hydrogen-bond donors (Lipinski definition) is 1. The Kier molecular flexibility index (Phi) is 4.70. The second-order valence-electron chi connectivity index (χ2n) is 4.47. The van der Waals surface area contributed by atoms with Crippen LogP contribution in [0.5, 0.6) is 0 Å². The molecule has 1 heterocycles. The molecule has 2 aromatic rings. The number of carbonyl (C=O) groups is 1. The van der Waals surface area contributed by atoms with Gasteiger partial charge in [-0.3, -0.25) is 0 Å². The number of halogens is 3. The Morgan fingerprint density at radius 2 is 1.86 bits per heavy atom. The summed E-state index contributed by atoms with van der Waals surface area (Å²) in [6.07, 6.45) is -4.51. The van der Waals surface area contributed by atoms with Gasteiger partial charge >= 0.3 is 12.1 Å². The van der Waals surface area contributed by atoms with Gasteiger partial charge in [-0.25, -0.2) is 14.8 Å². The van der Waals surface area contributed by atoms with Crippen molar-refractivity contribution in [3.05, 3.63) is 52.8 Å². The Balaban J connectivity index is 2.11. The minimum Gasteiger partial charge on any atom is -0.478 e. The zero-order valence-electron chi connectivity index (χ0n) is 11.4. The van der Waals surface area contributed by atoms with Crippen LogP contribution in [-0.2, 0) is 11.9 Å². The molecule has 0 spiro atoms. The van der Waals surface area contributed by atoms with E-state index in [0.717, 1.165) is 23.4 Å². The van der Waals surface area contributed by atoms with E-state index in [-0.39, 0.29) is 16.4 Å². The third-order valence-electron chi connectivity index (χ3n) is 2.69. The van der Waals surface area contributed by atoms with Crippen molar-refractivity contribution in [3.8, 4) is 0 Å². The molecule has 1 N–H and O–H groups in total. The van der Waals surface area contributed by atoms with Crippen molar-refractivity contribution in [3.63, 3.8) is 0 Å². The second-order valence-corrected chi connectivity index (χ2v) is 5.41. The number of hydrogen-bond acceptors (Lipinski definition) is 4. The van der Waals surface area contributed by atoms with Crippen LogP contribution < -0.4 is 0 Å². The molecule has 0 atom stereocenters. The lowest BCUT2D eigenvalue weighted by Crippen LogP contribution is -2.10. The first kappa shape index (κ1) is 16.3. The van der Waals surface area contributed by atoms with E-state index in [1.165, 1.54) is 19.1 Å². The summed E-state index contributed by atoms with van der Waals surface area (Å²) in [6.45, 7) is 1.47. The zero-order valence-corrected chi connectivity index (χ0v) is 12.2. The lowest BCUT2D eigenvalue weighted by molar-refractivity contribution is -0.141. The van der Waals surface area contributed by atoms with Gasteiger partial charge in [0.2, 0.25) is 0 Å². The first-order valence-electron chi connectivity index (χ1n) is 6.13. The highest BCUT2D eigenvalue weighted by molar-refractivity contribution is 7.98. The van der Waals surface area contributed by atoms with Gasteiger partial charge in [0.15, 0.2) is 5.16 Å². The maximum atomic E-state index is 12.7. The molecule has 0 amide bonds. The van der Waals surface area contributed by atoms with Crippen molar-refractivity contribution >= 4 is 17.7 Å². The van der Waals surface area contributed by atoms with Crippen molar-refractivity contribution in [2.45, 2.75) is 24.0 Å². The van der Waals surface area contributed by atoms with Gasteiger partial charge in [0.25, 0.3) is 0 Å². The molecule has 1 aromatic heterocycles. The van der Waals surface area contributed by atoms with E-state index in [2.05, 4.69) is 9.97 Å². The van der Waals surface area contributed by atoms with Crippen LogP contribution in [0.3, 0.4) is 0 Å². The number of aromatic nitrogens is 2. The minimum atomic E-state index is -4.51. The number of nitrogens with zero attached hydrogens (tertiary/aromatic N) is 2. The van der Waals surface area contributed by atoms with Crippen LogP contribution in [0.15, 0.2) is 35.5 Å². The van der Waals surface area contributed by atoms with E-state index >= 15 is 0 Å². The lowest BCUT2D eigenvalue weighted by atomic mass is 10.1. The van der Waals surface area contributed by atoms with Crippen molar-refractivity contribution in [2.75, 3.05) is 0 Å². The average molecular weight is 328 g/mol. The van der Waals surface area contributed by atoms with E-state index in [1.807, 2.05) is 0 Å². The maximum absolute atomic E-state index is 12.7. The topological polar surface area (TPSA) is 63.1 Å². The van der Waals surface area contributed by atoms with Gasteiger partial charge in [0.05, 0.1) is 5.56 Å². The molecule has 0 fully saturated rings. The fourth-order valence-corrected chi connectivity index (χ4v) is 2.50. The van der Waals surface area contributed by atoms with Crippen molar-refractivity contribution < 1.29 is 23.1 Å². The Morgan fingerprint density at radius 3 is 2.41 bits per heavy atom. The van der Waals surface area contributed by atoms with E-state index in [4.69, 9.17) is 5.11 Å². The standard InChI is InChI=1S/C14H11F3N2O2S/c1-8-6-11(14(15,16)17)19-13(18-8)22-7-9-2-4-10(5-3-9)12(20)21/h2-6H,7H2,1H3,(H,20,21). The molecule has 0 saturated heterocycles. The predicted molar refractivity (Wildman–Crippen MR) is 74.7 cm³/mol. The summed E-state index contributed by atoms with van der Waals surface area (Å²) in [5.74, 6) is -0.684. The number of alkyl halides is 3. The Morgan fingerprint density at radius 1 is 1.23 bits per heavy atom. The predicted octanol–water partition coefficient (Wildman–Crippen LogP) is 3.79. The van der Waals surface area contributed by atoms with Gasteiger partial charge < -0.3 is 5.11 Å². The van der Waals surface area contributed by atoms with Crippen LogP contribution in [0.2, 0.25) is 0 Å². The summed E-state index contributed by atoms with van der Waals surface area (Å²) in [5, 5.41) is 8.83. The quantitative estimate of drug-likeness (QED) is 0.683. The van der Waals surface area contributed by atoms with Crippen molar-refractivity contribution in [1.29, 1.82) is 0 Å². The third kappa shape index (κ3) is 4.20. The first-order chi connectivity index (χ1) is 10.3. The largest absolute Gasteiger partial charge is 0.478 e. The molecule has 22 heavy (non-hydrogen) atoms. The van der Waals surface area contributed by atoms with E-state index in [0.29, 0.717) is 5.75 Å². The molecule has 0 bridgehead atoms. The maximum Gasteiger partial charge on any atom is 0.433 e. The van der Waals surface area contributed by atoms with Gasteiger partial charge in [0, 0.05) is 11.4 Å². The van der Waals surface area contributed by atoms with Gasteiger partial charge in [-0.05, 0) is 30.7 Å². The van der Waals surface area contributed by atoms with Gasteiger partial charge in [0.1, 0.15) is 5.69 Å². The molecule has 1 aromatic carbocycles. The van der Waals surface area contributed by atoms with Crippen LogP contribution in [0.25, 0.3) is 0 Å². The van der Waals surface area contributed by atoms with Crippen LogP contribution in [0.4, 0.5) is 13.2 Å². The first-order valence-corrected chi connectivity index (χ1v) is 7.12. The van der Waals surface area contributed by atoms with Gasteiger partial charge in [-0.1, -0.05) is 23.9 Å². The number of aromatic carboxylic acids is 1. The number of thioether (sulfide) groups is 1. The van der Waals surface area contributed by atoms with Crippen LogP contribution in [0.1, 0.15) is 27.3 Å². The molecule has 0 aliphatic rings. The molecular weight excluding hydrogens is 317 g/mol. The molecule has 0 radical (unpaired) electrons. The highest BCUT2D eigenvalue weighted by atomic mass is 32.2. The Hall–Kier alpha value is -2.09. The highest BCUT2D eigenvalue weighted by Crippen LogP contribution is 2.30. The highest BCUT2D eigenvalue weighted by Gasteiger charge is 2.33. The molecule has 0 unspecified atom stereocenters. The summed E-state index contributed by atoms with van der Waals surface area (Å²) >= 11 is 1.06. The minimum absolute atomic E-state index is 0.0367. The van der Waals surface area contributed by atoms with Crippen LogP contribution >= 0.6 is 11.8 Å². The molecule has 0 aliphatic carbocycles. The van der Waals surface area contributed by atoms with Crippen LogP contribution in [0, 0.1) is 6.92 Å². The Bertz CT molecular complexity index is 687. The summed E-state index contributed by atoms with van der Waals surface area (Å²) in [5.41, 5.74) is 0.198. The van der Waals surface area contributed by atoms with E-state index in [1.54, 1.807) is 12.1 Å². The number of benzene rings is 1. The molecular formula is C14H11F3N2O2S. The smallest absolute Gasteiger partial charge is 0.433 e. The monoisotopic (exact) mass is 328 g/mol. The molecule has 116 valence electrons. The van der Waals surface area contributed by atoms with E-state index in [9.17, 15) is 18.0 Å². The number of aryl methyl sites for hydroxylation is 1. The molecule has 2 rings (SSSR count).